The van der Waals surface area contributed by atoms with Gasteiger partial charge in [0.15, 0.2) is 0 Å². The lowest BCUT2D eigenvalue weighted by atomic mass is 10.1. The number of fused-ring (bicyclic) bond motifs is 1. The first-order chi connectivity index (χ1) is 9.72. The summed E-state index contributed by atoms with van der Waals surface area (Å²) in [4.78, 5) is 14.4. The first kappa shape index (κ1) is 13.0. The van der Waals surface area contributed by atoms with Crippen LogP contribution in [0.15, 0.2) is 24.4 Å². The predicted molar refractivity (Wildman–Crippen MR) is 80.3 cm³/mol. The van der Waals surface area contributed by atoms with E-state index in [9.17, 15) is 4.79 Å². The third-order valence-electron chi connectivity index (χ3n) is 4.09. The maximum absolute atomic E-state index is 12.0. The van der Waals surface area contributed by atoms with Gasteiger partial charge in [0.2, 0.25) is 0 Å². The zero-order valence-corrected chi connectivity index (χ0v) is 12.1. The minimum absolute atomic E-state index is 0.264. The van der Waals surface area contributed by atoms with Crippen LogP contribution in [0, 0.1) is 0 Å². The fourth-order valence-electron chi connectivity index (χ4n) is 3.09. The monoisotopic (exact) mass is 272 g/mol. The molecule has 0 radical (unpaired) electrons. The second-order valence-electron chi connectivity index (χ2n) is 5.36. The van der Waals surface area contributed by atoms with Crippen LogP contribution in [0.25, 0.3) is 10.9 Å². The lowest BCUT2D eigenvalue weighted by Gasteiger charge is -2.29. The summed E-state index contributed by atoms with van der Waals surface area (Å²) in [5, 5.41) is 1.02. The van der Waals surface area contributed by atoms with Crippen molar-refractivity contribution in [3.8, 4) is 0 Å². The summed E-state index contributed by atoms with van der Waals surface area (Å²) in [7, 11) is 3.40. The molecule has 2 aromatic rings. The molecule has 4 heteroatoms. The maximum atomic E-state index is 12.0. The number of rotatable bonds is 2. The number of carbonyl (C=O) groups is 1. The molecular weight excluding hydrogens is 252 g/mol. The normalized spacial score (nSPS) is 15.6. The molecule has 0 atom stereocenters. The van der Waals surface area contributed by atoms with Gasteiger partial charge in [0.1, 0.15) is 0 Å². The summed E-state index contributed by atoms with van der Waals surface area (Å²) < 4.78 is 6.92. The minimum atomic E-state index is -0.264. The number of carbonyl (C=O) groups excluding carboxylic acids is 1. The van der Waals surface area contributed by atoms with E-state index >= 15 is 0 Å². The SMILES string of the molecule is COC(=O)c1cn(C)c2cccc(N3CCCCC3)c12. The Morgan fingerprint density at radius 1 is 1.20 bits per heavy atom. The molecule has 0 N–H and O–H groups in total. The third kappa shape index (κ3) is 2.05. The van der Waals surface area contributed by atoms with Crippen molar-refractivity contribution in [3.05, 3.63) is 30.0 Å². The molecule has 0 bridgehead atoms. The lowest BCUT2D eigenvalue weighted by Crippen LogP contribution is -2.29. The number of nitrogens with zero attached hydrogens (tertiary/aromatic N) is 2. The molecule has 0 unspecified atom stereocenters. The third-order valence-corrected chi connectivity index (χ3v) is 4.09. The zero-order chi connectivity index (χ0) is 14.1. The van der Waals surface area contributed by atoms with Gasteiger partial charge in [-0.2, -0.15) is 0 Å². The molecule has 2 heterocycles. The Labute approximate surface area is 118 Å². The van der Waals surface area contributed by atoms with Gasteiger partial charge >= 0.3 is 5.97 Å². The van der Waals surface area contributed by atoms with Gasteiger partial charge in [-0.1, -0.05) is 6.07 Å². The van der Waals surface area contributed by atoms with Crippen molar-refractivity contribution >= 4 is 22.6 Å². The van der Waals surface area contributed by atoms with Crippen LogP contribution >= 0.6 is 0 Å². The number of hydrogen-bond donors (Lipinski definition) is 0. The van der Waals surface area contributed by atoms with E-state index in [1.54, 1.807) is 0 Å². The second kappa shape index (κ2) is 5.19. The van der Waals surface area contributed by atoms with Crippen molar-refractivity contribution in [2.75, 3.05) is 25.1 Å². The summed E-state index contributed by atoms with van der Waals surface area (Å²) in [5.41, 5.74) is 2.89. The number of benzene rings is 1. The van der Waals surface area contributed by atoms with E-state index in [0.717, 1.165) is 29.7 Å². The Balaban J connectivity index is 2.18. The number of esters is 1. The molecule has 1 aromatic carbocycles. The molecule has 1 aromatic heterocycles. The van der Waals surface area contributed by atoms with Gasteiger partial charge in [-0.15, -0.1) is 0 Å². The highest BCUT2D eigenvalue weighted by atomic mass is 16.5. The number of aryl methyl sites for hydroxylation is 1. The number of piperidine rings is 1. The van der Waals surface area contributed by atoms with E-state index < -0.39 is 0 Å². The van der Waals surface area contributed by atoms with E-state index in [-0.39, 0.29) is 5.97 Å². The second-order valence-corrected chi connectivity index (χ2v) is 5.36. The first-order valence-electron chi connectivity index (χ1n) is 7.13. The van der Waals surface area contributed by atoms with Gasteiger partial charge in [0.05, 0.1) is 18.2 Å². The average molecular weight is 272 g/mol. The van der Waals surface area contributed by atoms with Crippen LogP contribution < -0.4 is 4.90 Å². The van der Waals surface area contributed by atoms with Crippen LogP contribution in [0.2, 0.25) is 0 Å². The van der Waals surface area contributed by atoms with E-state index in [4.69, 9.17) is 4.74 Å². The zero-order valence-electron chi connectivity index (χ0n) is 12.1. The average Bonchev–Trinajstić information content (AvgIpc) is 2.85. The Hall–Kier alpha value is -1.97. The van der Waals surface area contributed by atoms with E-state index in [1.165, 1.54) is 26.4 Å². The Morgan fingerprint density at radius 3 is 2.65 bits per heavy atom. The van der Waals surface area contributed by atoms with Crippen LogP contribution in [0.5, 0.6) is 0 Å². The fourth-order valence-corrected chi connectivity index (χ4v) is 3.09. The van der Waals surface area contributed by atoms with E-state index in [0.29, 0.717) is 5.56 Å². The highest BCUT2D eigenvalue weighted by Crippen LogP contribution is 2.33. The molecule has 0 spiro atoms. The first-order valence-corrected chi connectivity index (χ1v) is 7.13. The molecule has 1 aliphatic heterocycles. The smallest absolute Gasteiger partial charge is 0.340 e. The van der Waals surface area contributed by atoms with Crippen molar-refractivity contribution in [3.63, 3.8) is 0 Å². The minimum Gasteiger partial charge on any atom is -0.465 e. The highest BCUT2D eigenvalue weighted by molar-refractivity contribution is 6.09. The van der Waals surface area contributed by atoms with E-state index in [1.807, 2.05) is 17.8 Å². The molecule has 1 saturated heterocycles. The number of methoxy groups -OCH3 is 1. The molecule has 106 valence electrons. The standard InChI is InChI=1S/C16H20N2O2/c1-17-11-12(16(19)20-2)15-13(17)7-6-8-14(15)18-9-4-3-5-10-18/h6-8,11H,3-5,9-10H2,1-2H3. The maximum Gasteiger partial charge on any atom is 0.340 e. The molecule has 1 fully saturated rings. The van der Waals surface area contributed by atoms with Gasteiger partial charge in [0, 0.05) is 37.4 Å². The van der Waals surface area contributed by atoms with Gasteiger partial charge < -0.3 is 14.2 Å². The van der Waals surface area contributed by atoms with Crippen LogP contribution in [0.4, 0.5) is 5.69 Å². The van der Waals surface area contributed by atoms with Gasteiger partial charge in [-0.05, 0) is 31.4 Å². The molecule has 0 amide bonds. The number of anilines is 1. The van der Waals surface area contributed by atoms with Gasteiger partial charge in [-0.25, -0.2) is 4.79 Å². The van der Waals surface area contributed by atoms with Crippen molar-refractivity contribution < 1.29 is 9.53 Å². The van der Waals surface area contributed by atoms with Crippen molar-refractivity contribution in [2.45, 2.75) is 19.3 Å². The quantitative estimate of drug-likeness (QED) is 0.788. The summed E-state index contributed by atoms with van der Waals surface area (Å²) in [5.74, 6) is -0.264. The van der Waals surface area contributed by atoms with Crippen LogP contribution in [-0.4, -0.2) is 30.7 Å². The number of ether oxygens (including phenoxy) is 1. The molecule has 1 aliphatic rings. The van der Waals surface area contributed by atoms with Gasteiger partial charge in [0.25, 0.3) is 0 Å². The van der Waals surface area contributed by atoms with Crippen molar-refractivity contribution in [2.24, 2.45) is 7.05 Å². The Morgan fingerprint density at radius 2 is 1.95 bits per heavy atom. The topological polar surface area (TPSA) is 34.5 Å². The van der Waals surface area contributed by atoms with Crippen molar-refractivity contribution in [1.29, 1.82) is 0 Å². The van der Waals surface area contributed by atoms with Gasteiger partial charge in [-0.3, -0.25) is 0 Å². The molecule has 4 nitrogen and oxygen atoms in total. The molecule has 20 heavy (non-hydrogen) atoms. The Kier molecular flexibility index (Phi) is 3.38. The molecular formula is C16H20N2O2. The molecule has 0 saturated carbocycles. The fraction of sp³-hybridized carbons (Fsp3) is 0.438. The highest BCUT2D eigenvalue weighted by Gasteiger charge is 2.21. The van der Waals surface area contributed by atoms with Crippen LogP contribution in [-0.2, 0) is 11.8 Å². The summed E-state index contributed by atoms with van der Waals surface area (Å²) >= 11 is 0. The van der Waals surface area contributed by atoms with Crippen molar-refractivity contribution in [1.82, 2.24) is 4.57 Å². The molecule has 0 aliphatic carbocycles. The number of aromatic nitrogens is 1. The predicted octanol–water partition coefficient (Wildman–Crippen LogP) is 2.96. The van der Waals surface area contributed by atoms with Crippen LogP contribution in [0.3, 0.4) is 0 Å². The van der Waals surface area contributed by atoms with Crippen LogP contribution in [0.1, 0.15) is 29.6 Å². The summed E-state index contributed by atoms with van der Waals surface area (Å²) in [6.45, 7) is 2.13. The lowest BCUT2D eigenvalue weighted by molar-refractivity contribution is 0.0603. The largest absolute Gasteiger partial charge is 0.465 e. The van der Waals surface area contributed by atoms with E-state index in [2.05, 4.69) is 23.1 Å². The summed E-state index contributed by atoms with van der Waals surface area (Å²) in [6.07, 6.45) is 5.60. The molecule has 3 rings (SSSR count). The number of hydrogen-bond acceptors (Lipinski definition) is 3. The Bertz CT molecular complexity index is 639. The summed E-state index contributed by atoms with van der Waals surface area (Å²) in [6, 6.07) is 6.22.